The lowest BCUT2D eigenvalue weighted by Gasteiger charge is -2.06. The van der Waals surface area contributed by atoms with Gasteiger partial charge in [-0.3, -0.25) is 9.98 Å². The Balaban J connectivity index is 1.84. The molecule has 3 N–H and O–H groups in total. The standard InChI is InChI=1S/C15H18N4O/c1-20-14-6-4-13(5-7-14)19-15(16)18-10-8-12-3-2-9-17-11-12/h2-7,9,11H,8,10H2,1H3,(H3,16,18,19). The number of aromatic nitrogens is 1. The highest BCUT2D eigenvalue weighted by atomic mass is 16.5. The summed E-state index contributed by atoms with van der Waals surface area (Å²) in [5.74, 6) is 1.21. The number of pyridine rings is 1. The molecular weight excluding hydrogens is 252 g/mol. The van der Waals surface area contributed by atoms with Crippen LogP contribution in [0.3, 0.4) is 0 Å². The smallest absolute Gasteiger partial charge is 0.193 e. The number of anilines is 1. The Morgan fingerprint density at radius 2 is 2.10 bits per heavy atom. The van der Waals surface area contributed by atoms with Crippen LogP contribution in [0.25, 0.3) is 0 Å². The van der Waals surface area contributed by atoms with Crippen LogP contribution in [0.15, 0.2) is 53.8 Å². The Hall–Kier alpha value is -2.56. The number of nitrogens with two attached hydrogens (primary N) is 1. The zero-order valence-corrected chi connectivity index (χ0v) is 11.4. The summed E-state index contributed by atoms with van der Waals surface area (Å²) in [6.07, 6.45) is 4.41. The van der Waals surface area contributed by atoms with Crippen molar-refractivity contribution in [2.24, 2.45) is 10.7 Å². The lowest BCUT2D eigenvalue weighted by Crippen LogP contribution is -2.23. The number of guanidine groups is 1. The van der Waals surface area contributed by atoms with Crippen molar-refractivity contribution >= 4 is 11.6 Å². The summed E-state index contributed by atoms with van der Waals surface area (Å²) in [6.45, 7) is 0.626. The third kappa shape index (κ3) is 4.28. The van der Waals surface area contributed by atoms with E-state index in [1.54, 1.807) is 13.3 Å². The van der Waals surface area contributed by atoms with Gasteiger partial charge in [0.05, 0.1) is 7.11 Å². The van der Waals surface area contributed by atoms with E-state index in [9.17, 15) is 0 Å². The maximum Gasteiger partial charge on any atom is 0.193 e. The van der Waals surface area contributed by atoms with E-state index in [-0.39, 0.29) is 0 Å². The summed E-state index contributed by atoms with van der Waals surface area (Å²) < 4.78 is 5.09. The fourth-order valence-corrected chi connectivity index (χ4v) is 1.71. The van der Waals surface area contributed by atoms with Crippen molar-refractivity contribution in [3.05, 3.63) is 54.4 Å². The lowest BCUT2D eigenvalue weighted by molar-refractivity contribution is 0.415. The van der Waals surface area contributed by atoms with Crippen molar-refractivity contribution in [2.75, 3.05) is 19.0 Å². The predicted octanol–water partition coefficient (Wildman–Crippen LogP) is 2.06. The van der Waals surface area contributed by atoms with Crippen LogP contribution in [0.5, 0.6) is 5.75 Å². The van der Waals surface area contributed by atoms with Gasteiger partial charge in [0, 0.05) is 24.6 Å². The number of nitrogens with zero attached hydrogens (tertiary/aromatic N) is 2. The molecule has 0 atom stereocenters. The van der Waals surface area contributed by atoms with E-state index >= 15 is 0 Å². The Labute approximate surface area is 118 Å². The van der Waals surface area contributed by atoms with Gasteiger partial charge in [-0.2, -0.15) is 0 Å². The van der Waals surface area contributed by atoms with Gasteiger partial charge < -0.3 is 15.8 Å². The van der Waals surface area contributed by atoms with Crippen LogP contribution in [0.2, 0.25) is 0 Å². The minimum Gasteiger partial charge on any atom is -0.497 e. The number of hydrogen-bond acceptors (Lipinski definition) is 3. The molecule has 0 saturated heterocycles. The Bertz CT molecular complexity index is 552. The molecule has 1 aromatic carbocycles. The van der Waals surface area contributed by atoms with Crippen LogP contribution in [0, 0.1) is 0 Å². The van der Waals surface area contributed by atoms with Crippen molar-refractivity contribution in [3.8, 4) is 5.75 Å². The number of ether oxygens (including phenoxy) is 1. The molecule has 0 saturated carbocycles. The van der Waals surface area contributed by atoms with Crippen molar-refractivity contribution in [3.63, 3.8) is 0 Å². The van der Waals surface area contributed by atoms with Crippen molar-refractivity contribution in [1.82, 2.24) is 4.98 Å². The van der Waals surface area contributed by atoms with Crippen molar-refractivity contribution in [1.29, 1.82) is 0 Å². The number of benzene rings is 1. The summed E-state index contributed by atoms with van der Waals surface area (Å²) in [7, 11) is 1.64. The highest BCUT2D eigenvalue weighted by Crippen LogP contribution is 2.14. The van der Waals surface area contributed by atoms with E-state index in [1.807, 2.05) is 42.6 Å². The van der Waals surface area contributed by atoms with Gasteiger partial charge in [-0.1, -0.05) is 6.07 Å². The van der Waals surface area contributed by atoms with Crippen molar-refractivity contribution < 1.29 is 4.74 Å². The molecule has 2 rings (SSSR count). The van der Waals surface area contributed by atoms with Crippen molar-refractivity contribution in [2.45, 2.75) is 6.42 Å². The largest absolute Gasteiger partial charge is 0.497 e. The molecule has 104 valence electrons. The van der Waals surface area contributed by atoms with E-state index < -0.39 is 0 Å². The molecule has 0 amide bonds. The van der Waals surface area contributed by atoms with Crippen LogP contribution in [-0.2, 0) is 6.42 Å². The summed E-state index contributed by atoms with van der Waals surface area (Å²) >= 11 is 0. The maximum atomic E-state index is 5.83. The van der Waals surface area contributed by atoms with Gasteiger partial charge in [0.15, 0.2) is 5.96 Å². The first-order valence-electron chi connectivity index (χ1n) is 6.38. The van der Waals surface area contributed by atoms with E-state index in [0.717, 1.165) is 23.4 Å². The molecule has 0 radical (unpaired) electrons. The third-order valence-electron chi connectivity index (χ3n) is 2.77. The topological polar surface area (TPSA) is 72.5 Å². The normalized spacial score (nSPS) is 11.2. The van der Waals surface area contributed by atoms with Gasteiger partial charge in [-0.15, -0.1) is 0 Å². The number of rotatable bonds is 5. The molecule has 0 fully saturated rings. The molecule has 2 aromatic rings. The SMILES string of the molecule is COc1ccc(NC(N)=NCCc2cccnc2)cc1. The molecule has 0 aliphatic carbocycles. The highest BCUT2D eigenvalue weighted by molar-refractivity contribution is 5.92. The van der Waals surface area contributed by atoms with Gasteiger partial charge in [-0.05, 0) is 42.3 Å². The fraction of sp³-hybridized carbons (Fsp3) is 0.200. The molecule has 1 heterocycles. The van der Waals surface area contributed by atoms with Gasteiger partial charge in [0.25, 0.3) is 0 Å². The zero-order chi connectivity index (χ0) is 14.2. The Morgan fingerprint density at radius 1 is 1.30 bits per heavy atom. The second kappa shape index (κ2) is 7.13. The van der Waals surface area contributed by atoms with Crippen LogP contribution < -0.4 is 15.8 Å². The van der Waals surface area contributed by atoms with E-state index in [0.29, 0.717) is 12.5 Å². The van der Waals surface area contributed by atoms with E-state index in [1.165, 1.54) is 0 Å². The summed E-state index contributed by atoms with van der Waals surface area (Å²) in [5.41, 5.74) is 7.86. The minimum atomic E-state index is 0.402. The van der Waals surface area contributed by atoms with Crippen LogP contribution >= 0.6 is 0 Å². The number of methoxy groups -OCH3 is 1. The fourth-order valence-electron chi connectivity index (χ4n) is 1.71. The Morgan fingerprint density at radius 3 is 2.75 bits per heavy atom. The number of hydrogen-bond donors (Lipinski definition) is 2. The first kappa shape index (κ1) is 13.9. The van der Waals surface area contributed by atoms with Crippen LogP contribution in [0.1, 0.15) is 5.56 Å². The highest BCUT2D eigenvalue weighted by Gasteiger charge is 1.96. The maximum absolute atomic E-state index is 5.83. The lowest BCUT2D eigenvalue weighted by atomic mass is 10.2. The van der Waals surface area contributed by atoms with E-state index in [4.69, 9.17) is 10.5 Å². The molecule has 0 bridgehead atoms. The molecule has 0 aliphatic heterocycles. The second-order valence-corrected chi connectivity index (χ2v) is 4.23. The number of nitrogens with one attached hydrogen (secondary N) is 1. The first-order valence-corrected chi connectivity index (χ1v) is 6.38. The van der Waals surface area contributed by atoms with Crippen LogP contribution in [-0.4, -0.2) is 24.6 Å². The minimum absolute atomic E-state index is 0.402. The second-order valence-electron chi connectivity index (χ2n) is 4.23. The summed E-state index contributed by atoms with van der Waals surface area (Å²) in [4.78, 5) is 8.34. The van der Waals surface area contributed by atoms with Gasteiger partial charge >= 0.3 is 0 Å². The molecule has 5 heteroatoms. The third-order valence-corrected chi connectivity index (χ3v) is 2.77. The molecule has 20 heavy (non-hydrogen) atoms. The average Bonchev–Trinajstić information content (AvgIpc) is 2.49. The van der Waals surface area contributed by atoms with Gasteiger partial charge in [0.1, 0.15) is 5.75 Å². The Kier molecular flexibility index (Phi) is 4.94. The van der Waals surface area contributed by atoms with Gasteiger partial charge in [0.2, 0.25) is 0 Å². The summed E-state index contributed by atoms with van der Waals surface area (Å²) in [6, 6.07) is 11.5. The van der Waals surface area contributed by atoms with Gasteiger partial charge in [-0.25, -0.2) is 0 Å². The zero-order valence-electron chi connectivity index (χ0n) is 11.4. The molecule has 5 nitrogen and oxygen atoms in total. The molecule has 0 aliphatic rings. The predicted molar refractivity (Wildman–Crippen MR) is 81.0 cm³/mol. The molecule has 1 aromatic heterocycles. The van der Waals surface area contributed by atoms with Crippen LogP contribution in [0.4, 0.5) is 5.69 Å². The quantitative estimate of drug-likeness (QED) is 0.644. The molecule has 0 spiro atoms. The molecular formula is C15H18N4O. The molecule has 0 unspecified atom stereocenters. The average molecular weight is 270 g/mol. The monoisotopic (exact) mass is 270 g/mol. The number of aliphatic imine (C=N–C) groups is 1. The summed E-state index contributed by atoms with van der Waals surface area (Å²) in [5, 5.41) is 3.04. The van der Waals surface area contributed by atoms with E-state index in [2.05, 4.69) is 15.3 Å². The first-order chi connectivity index (χ1) is 9.78.